The van der Waals surface area contributed by atoms with Crippen LogP contribution in [-0.4, -0.2) is 17.6 Å². The van der Waals surface area contributed by atoms with Crippen LogP contribution in [0.15, 0.2) is 0 Å². The minimum absolute atomic E-state index is 0.135. The zero-order valence-corrected chi connectivity index (χ0v) is 10.0. The maximum atomic E-state index is 10.8. The third kappa shape index (κ3) is 2.94. The summed E-state index contributed by atoms with van der Waals surface area (Å²) < 4.78 is 0. The van der Waals surface area contributed by atoms with Gasteiger partial charge in [0, 0.05) is 0 Å². The molecular weight excluding hydrogens is 190 g/mol. The normalized spacial score (nSPS) is 31.9. The monoisotopic (exact) mass is 213 g/mol. The quantitative estimate of drug-likeness (QED) is 0.755. The fourth-order valence-electron chi connectivity index (χ4n) is 2.69. The Balaban J connectivity index is 2.69. The molecule has 0 saturated heterocycles. The fraction of sp³-hybridized carbons (Fsp3) is 0.917. The number of carbonyl (C=O) groups is 1. The van der Waals surface area contributed by atoms with Gasteiger partial charge in [-0.05, 0) is 42.6 Å². The molecule has 0 aromatic heterocycles. The summed E-state index contributed by atoms with van der Waals surface area (Å²) >= 11 is 0. The van der Waals surface area contributed by atoms with Gasteiger partial charge in [-0.25, -0.2) is 0 Å². The van der Waals surface area contributed by atoms with E-state index in [0.717, 1.165) is 19.3 Å². The van der Waals surface area contributed by atoms with Crippen molar-refractivity contribution in [3.05, 3.63) is 0 Å². The molecule has 1 aliphatic carbocycles. The van der Waals surface area contributed by atoms with Gasteiger partial charge in [0.15, 0.2) is 0 Å². The Hall–Kier alpha value is -0.570. The number of carboxylic acid groups (broad SMARTS) is 1. The summed E-state index contributed by atoms with van der Waals surface area (Å²) in [5.74, 6) is -0.101. The molecule has 0 heterocycles. The van der Waals surface area contributed by atoms with E-state index in [1.54, 1.807) is 0 Å². The molecular formula is C12H23NO2. The molecule has 1 saturated carbocycles. The topological polar surface area (TPSA) is 63.3 Å². The smallest absolute Gasteiger partial charge is 0.303 e. The van der Waals surface area contributed by atoms with Gasteiger partial charge in [0.05, 0.1) is 6.42 Å². The summed E-state index contributed by atoms with van der Waals surface area (Å²) in [4.78, 5) is 10.8. The van der Waals surface area contributed by atoms with Gasteiger partial charge in [0.25, 0.3) is 0 Å². The maximum absolute atomic E-state index is 10.8. The second-order valence-corrected chi connectivity index (χ2v) is 6.08. The number of rotatable bonds is 3. The first kappa shape index (κ1) is 12.5. The van der Waals surface area contributed by atoms with Crippen molar-refractivity contribution in [3.8, 4) is 0 Å². The van der Waals surface area contributed by atoms with Crippen LogP contribution in [0.25, 0.3) is 0 Å². The van der Waals surface area contributed by atoms with Crippen molar-refractivity contribution in [1.29, 1.82) is 0 Å². The number of hydrogen-bond donors (Lipinski definition) is 2. The molecule has 0 radical (unpaired) electrons. The van der Waals surface area contributed by atoms with Gasteiger partial charge >= 0.3 is 5.97 Å². The highest BCUT2D eigenvalue weighted by Gasteiger charge is 2.43. The van der Waals surface area contributed by atoms with Crippen molar-refractivity contribution in [2.75, 3.05) is 6.54 Å². The first-order chi connectivity index (χ1) is 6.79. The van der Waals surface area contributed by atoms with Crippen molar-refractivity contribution in [2.24, 2.45) is 22.5 Å². The molecule has 15 heavy (non-hydrogen) atoms. The first-order valence-corrected chi connectivity index (χ1v) is 5.71. The lowest BCUT2D eigenvalue weighted by atomic mass is 9.75. The van der Waals surface area contributed by atoms with Crippen LogP contribution in [0.4, 0.5) is 0 Å². The van der Waals surface area contributed by atoms with Crippen LogP contribution < -0.4 is 5.73 Å². The fourth-order valence-corrected chi connectivity index (χ4v) is 2.69. The molecule has 3 N–H and O–H groups in total. The summed E-state index contributed by atoms with van der Waals surface area (Å²) in [6.45, 7) is 7.19. The largest absolute Gasteiger partial charge is 0.481 e. The lowest BCUT2D eigenvalue weighted by Crippen LogP contribution is -2.31. The molecule has 0 aromatic rings. The van der Waals surface area contributed by atoms with Crippen LogP contribution in [0.2, 0.25) is 0 Å². The minimum atomic E-state index is -0.713. The molecule has 0 bridgehead atoms. The zero-order chi connectivity index (χ0) is 11.7. The molecule has 0 spiro atoms. The van der Waals surface area contributed by atoms with E-state index in [1.807, 2.05) is 0 Å². The molecule has 1 rings (SSSR count). The summed E-state index contributed by atoms with van der Waals surface area (Å²) in [5, 5.41) is 8.90. The standard InChI is InChI=1S/C12H23NO2/c1-11(2,3)9-4-5-12(6-9,8-13)7-10(14)15/h9H,4-8,13H2,1-3H3,(H,14,15)/t9-,12-/m0/s1. The van der Waals surface area contributed by atoms with Gasteiger partial charge in [-0.2, -0.15) is 0 Å². The average Bonchev–Trinajstić information content (AvgIpc) is 2.47. The van der Waals surface area contributed by atoms with Crippen molar-refractivity contribution in [1.82, 2.24) is 0 Å². The van der Waals surface area contributed by atoms with E-state index in [0.29, 0.717) is 12.5 Å². The third-order valence-electron chi connectivity index (χ3n) is 3.89. The lowest BCUT2D eigenvalue weighted by Gasteiger charge is -2.30. The van der Waals surface area contributed by atoms with Crippen molar-refractivity contribution < 1.29 is 9.90 Å². The summed E-state index contributed by atoms with van der Waals surface area (Å²) in [6, 6.07) is 0. The van der Waals surface area contributed by atoms with E-state index in [1.165, 1.54) is 0 Å². The molecule has 1 fully saturated rings. The second kappa shape index (κ2) is 4.12. The molecule has 2 atom stereocenters. The van der Waals surface area contributed by atoms with Gasteiger partial charge in [-0.1, -0.05) is 20.8 Å². The molecule has 1 aliphatic rings. The van der Waals surface area contributed by atoms with Crippen LogP contribution in [0, 0.1) is 16.7 Å². The third-order valence-corrected chi connectivity index (χ3v) is 3.89. The van der Waals surface area contributed by atoms with Crippen molar-refractivity contribution in [2.45, 2.75) is 46.5 Å². The molecule has 3 heteroatoms. The zero-order valence-electron chi connectivity index (χ0n) is 10.0. The van der Waals surface area contributed by atoms with E-state index < -0.39 is 5.97 Å². The maximum Gasteiger partial charge on any atom is 0.303 e. The Morgan fingerprint density at radius 2 is 2.13 bits per heavy atom. The van der Waals surface area contributed by atoms with Gasteiger partial charge < -0.3 is 10.8 Å². The number of carboxylic acids is 1. The number of nitrogens with two attached hydrogens (primary N) is 1. The summed E-state index contributed by atoms with van der Waals surface area (Å²) in [5.41, 5.74) is 5.90. The Morgan fingerprint density at radius 3 is 2.47 bits per heavy atom. The van der Waals surface area contributed by atoms with Gasteiger partial charge in [-0.3, -0.25) is 4.79 Å². The number of aliphatic carboxylic acids is 1. The highest BCUT2D eigenvalue weighted by atomic mass is 16.4. The number of hydrogen-bond acceptors (Lipinski definition) is 2. The molecule has 0 aromatic carbocycles. The Morgan fingerprint density at radius 1 is 1.53 bits per heavy atom. The highest BCUT2D eigenvalue weighted by Crippen LogP contribution is 2.49. The van der Waals surface area contributed by atoms with E-state index in [-0.39, 0.29) is 17.3 Å². The van der Waals surface area contributed by atoms with Crippen LogP contribution in [-0.2, 0) is 4.79 Å². The minimum Gasteiger partial charge on any atom is -0.481 e. The average molecular weight is 213 g/mol. The summed E-state index contributed by atoms with van der Waals surface area (Å²) in [7, 11) is 0. The molecule has 0 unspecified atom stereocenters. The predicted molar refractivity (Wildman–Crippen MR) is 60.5 cm³/mol. The molecule has 0 aliphatic heterocycles. The highest BCUT2D eigenvalue weighted by molar-refractivity contribution is 5.67. The van der Waals surface area contributed by atoms with E-state index in [9.17, 15) is 4.79 Å². The van der Waals surface area contributed by atoms with Gasteiger partial charge in [-0.15, -0.1) is 0 Å². The molecule has 88 valence electrons. The van der Waals surface area contributed by atoms with E-state index in [2.05, 4.69) is 20.8 Å². The van der Waals surface area contributed by atoms with E-state index in [4.69, 9.17) is 10.8 Å². The van der Waals surface area contributed by atoms with Gasteiger partial charge in [0.2, 0.25) is 0 Å². The van der Waals surface area contributed by atoms with Gasteiger partial charge in [0.1, 0.15) is 0 Å². The lowest BCUT2D eigenvalue weighted by molar-refractivity contribution is -0.139. The Bertz CT molecular complexity index is 244. The van der Waals surface area contributed by atoms with Crippen LogP contribution in [0.1, 0.15) is 46.5 Å². The van der Waals surface area contributed by atoms with Crippen LogP contribution >= 0.6 is 0 Å². The first-order valence-electron chi connectivity index (χ1n) is 5.71. The van der Waals surface area contributed by atoms with Crippen LogP contribution in [0.3, 0.4) is 0 Å². The molecule has 3 nitrogen and oxygen atoms in total. The van der Waals surface area contributed by atoms with E-state index >= 15 is 0 Å². The molecule has 0 amide bonds. The Labute approximate surface area is 92.0 Å². The van der Waals surface area contributed by atoms with Crippen LogP contribution in [0.5, 0.6) is 0 Å². The van der Waals surface area contributed by atoms with Crippen molar-refractivity contribution in [3.63, 3.8) is 0 Å². The summed E-state index contributed by atoms with van der Waals surface area (Å²) in [6.07, 6.45) is 3.29. The SMILES string of the molecule is CC(C)(C)[C@H]1CC[C@@](CN)(CC(=O)O)C1. The second-order valence-electron chi connectivity index (χ2n) is 6.08. The predicted octanol–water partition coefficient (Wildman–Crippen LogP) is 2.25. The van der Waals surface area contributed by atoms with Crippen molar-refractivity contribution >= 4 is 5.97 Å². The Kier molecular flexibility index (Phi) is 3.44.